The molecule has 1 aliphatic carbocycles. The first-order chi connectivity index (χ1) is 11.2. The van der Waals surface area contributed by atoms with Crippen LogP contribution in [-0.2, 0) is 18.9 Å². The zero-order chi connectivity index (χ0) is 16.2. The van der Waals surface area contributed by atoms with Gasteiger partial charge in [-0.3, -0.25) is 4.57 Å². The summed E-state index contributed by atoms with van der Waals surface area (Å²) in [6, 6.07) is 1.55. The fourth-order valence-electron chi connectivity index (χ4n) is 2.97. The smallest absolute Gasteiger partial charge is 0.351 e. The first kappa shape index (κ1) is 16.4. The first-order valence-corrected chi connectivity index (χ1v) is 7.97. The van der Waals surface area contributed by atoms with Crippen LogP contribution < -0.4 is 11.4 Å². The van der Waals surface area contributed by atoms with Gasteiger partial charge in [-0.1, -0.05) is 19.3 Å². The number of nitrogens with two attached hydrogens (primary N) is 1. The minimum Gasteiger partial charge on any atom is -0.383 e. The van der Waals surface area contributed by atoms with Crippen molar-refractivity contribution in [2.75, 3.05) is 19.5 Å². The third kappa shape index (κ3) is 3.89. The Morgan fingerprint density at radius 1 is 1.39 bits per heavy atom. The van der Waals surface area contributed by atoms with E-state index in [0.29, 0.717) is 0 Å². The average Bonchev–Trinajstić information content (AvgIpc) is 3.03. The van der Waals surface area contributed by atoms with Crippen LogP contribution in [0, 0.1) is 0 Å². The van der Waals surface area contributed by atoms with E-state index in [1.165, 1.54) is 23.8 Å². The van der Waals surface area contributed by atoms with Crippen LogP contribution in [0.1, 0.15) is 38.3 Å². The Bertz CT molecular complexity index is 572. The molecular formula is C15H23N3O5. The Morgan fingerprint density at radius 2 is 2.17 bits per heavy atom. The summed E-state index contributed by atoms with van der Waals surface area (Å²) in [5, 5.41) is 0. The number of aromatic nitrogens is 2. The first-order valence-electron chi connectivity index (χ1n) is 7.97. The molecule has 0 spiro atoms. The van der Waals surface area contributed by atoms with Gasteiger partial charge in [0.15, 0.2) is 6.23 Å². The number of hydrogen-bond acceptors (Lipinski definition) is 7. The molecule has 23 heavy (non-hydrogen) atoms. The molecule has 3 unspecified atom stereocenters. The molecule has 1 saturated carbocycles. The molecule has 0 aromatic carbocycles. The van der Waals surface area contributed by atoms with Crippen LogP contribution in [0.5, 0.6) is 0 Å². The van der Waals surface area contributed by atoms with Gasteiger partial charge in [-0.15, -0.1) is 0 Å². The summed E-state index contributed by atoms with van der Waals surface area (Å²) in [7, 11) is 1.56. The summed E-state index contributed by atoms with van der Waals surface area (Å²) in [6.45, 7) is 0.226. The molecule has 3 rings (SSSR count). The molecule has 2 aliphatic rings. The van der Waals surface area contributed by atoms with Crippen molar-refractivity contribution in [2.24, 2.45) is 0 Å². The monoisotopic (exact) mass is 325 g/mol. The van der Waals surface area contributed by atoms with Crippen molar-refractivity contribution in [2.45, 2.75) is 57.0 Å². The largest absolute Gasteiger partial charge is 0.383 e. The molecule has 1 saturated heterocycles. The van der Waals surface area contributed by atoms with Crippen LogP contribution in [-0.4, -0.2) is 42.0 Å². The van der Waals surface area contributed by atoms with Gasteiger partial charge in [0.05, 0.1) is 12.7 Å². The lowest BCUT2D eigenvalue weighted by Crippen LogP contribution is -2.36. The fraction of sp³-hybridized carbons (Fsp3) is 0.733. The van der Waals surface area contributed by atoms with Crippen molar-refractivity contribution >= 4 is 5.82 Å². The van der Waals surface area contributed by atoms with Crippen molar-refractivity contribution < 1.29 is 18.9 Å². The highest BCUT2D eigenvalue weighted by Crippen LogP contribution is 2.27. The number of anilines is 1. The molecule has 1 aromatic rings. The van der Waals surface area contributed by atoms with E-state index in [1.54, 1.807) is 19.4 Å². The summed E-state index contributed by atoms with van der Waals surface area (Å²) < 4.78 is 24.1. The number of hydrogen-bond donors (Lipinski definition) is 1. The number of nitrogens with zero attached hydrogens (tertiary/aromatic N) is 2. The Kier molecular flexibility index (Phi) is 5.27. The molecule has 2 fully saturated rings. The second kappa shape index (κ2) is 7.39. The molecule has 1 aliphatic heterocycles. The molecule has 8 heteroatoms. The summed E-state index contributed by atoms with van der Waals surface area (Å²) in [5.74, 6) is 0.178. The quantitative estimate of drug-likeness (QED) is 0.807. The van der Waals surface area contributed by atoms with Crippen molar-refractivity contribution in [1.29, 1.82) is 0 Å². The molecule has 0 bridgehead atoms. The Hall–Kier alpha value is -1.48. The van der Waals surface area contributed by atoms with Crippen molar-refractivity contribution in [1.82, 2.24) is 9.55 Å². The molecular weight excluding hydrogens is 302 g/mol. The van der Waals surface area contributed by atoms with Crippen LogP contribution >= 0.6 is 0 Å². The van der Waals surface area contributed by atoms with E-state index >= 15 is 0 Å². The van der Waals surface area contributed by atoms with E-state index in [-0.39, 0.29) is 18.5 Å². The topological polar surface area (TPSA) is 97.8 Å². The van der Waals surface area contributed by atoms with Gasteiger partial charge >= 0.3 is 5.69 Å². The number of methoxy groups -OCH3 is 1. The SMILES string of the molecule is COC(OC1CCCCC1)C1OCC(n2ccc(N)nc2=O)O1. The second-order valence-electron chi connectivity index (χ2n) is 5.83. The summed E-state index contributed by atoms with van der Waals surface area (Å²) in [6.07, 6.45) is 5.51. The zero-order valence-corrected chi connectivity index (χ0v) is 13.2. The summed E-state index contributed by atoms with van der Waals surface area (Å²) >= 11 is 0. The maximum absolute atomic E-state index is 11.9. The van der Waals surface area contributed by atoms with Gasteiger partial charge in [0.2, 0.25) is 12.6 Å². The number of ether oxygens (including phenoxy) is 4. The van der Waals surface area contributed by atoms with E-state index < -0.39 is 24.5 Å². The third-order valence-electron chi connectivity index (χ3n) is 4.19. The molecule has 3 atom stereocenters. The van der Waals surface area contributed by atoms with Crippen LogP contribution in [0.2, 0.25) is 0 Å². The average molecular weight is 325 g/mol. The normalized spacial score (nSPS) is 27.2. The fourth-order valence-corrected chi connectivity index (χ4v) is 2.97. The van der Waals surface area contributed by atoms with Crippen molar-refractivity contribution in [3.8, 4) is 0 Å². The highest BCUT2D eigenvalue weighted by Gasteiger charge is 2.36. The van der Waals surface area contributed by atoms with Gasteiger partial charge in [0.25, 0.3) is 0 Å². The Balaban J connectivity index is 1.61. The van der Waals surface area contributed by atoms with Crippen LogP contribution in [0.4, 0.5) is 5.82 Å². The van der Waals surface area contributed by atoms with E-state index in [1.807, 2.05) is 0 Å². The van der Waals surface area contributed by atoms with E-state index in [9.17, 15) is 4.79 Å². The van der Waals surface area contributed by atoms with Crippen molar-refractivity contribution in [3.05, 3.63) is 22.7 Å². The highest BCUT2D eigenvalue weighted by molar-refractivity contribution is 5.23. The molecule has 2 heterocycles. The minimum atomic E-state index is -0.670. The lowest BCUT2D eigenvalue weighted by molar-refractivity contribution is -0.266. The lowest BCUT2D eigenvalue weighted by atomic mass is 9.98. The predicted molar refractivity (Wildman–Crippen MR) is 81.5 cm³/mol. The maximum Gasteiger partial charge on any atom is 0.351 e. The molecule has 1 aromatic heterocycles. The van der Waals surface area contributed by atoms with Gasteiger partial charge in [0, 0.05) is 13.3 Å². The van der Waals surface area contributed by atoms with Crippen LogP contribution in [0.3, 0.4) is 0 Å². The summed E-state index contributed by atoms with van der Waals surface area (Å²) in [5.41, 5.74) is 5.02. The highest BCUT2D eigenvalue weighted by atomic mass is 16.8. The predicted octanol–water partition coefficient (Wildman–Crippen LogP) is 1.02. The van der Waals surface area contributed by atoms with E-state index in [0.717, 1.165) is 12.8 Å². The molecule has 0 amide bonds. The lowest BCUT2D eigenvalue weighted by Gasteiger charge is -2.29. The Labute approximate surface area is 134 Å². The van der Waals surface area contributed by atoms with Gasteiger partial charge in [-0.25, -0.2) is 4.79 Å². The molecule has 8 nitrogen and oxygen atoms in total. The Morgan fingerprint density at radius 3 is 2.87 bits per heavy atom. The number of rotatable bonds is 5. The molecule has 128 valence electrons. The van der Waals surface area contributed by atoms with E-state index in [4.69, 9.17) is 24.7 Å². The van der Waals surface area contributed by atoms with Crippen LogP contribution in [0.15, 0.2) is 17.1 Å². The van der Waals surface area contributed by atoms with Crippen molar-refractivity contribution in [3.63, 3.8) is 0 Å². The zero-order valence-electron chi connectivity index (χ0n) is 13.2. The third-order valence-corrected chi connectivity index (χ3v) is 4.19. The summed E-state index contributed by atoms with van der Waals surface area (Å²) in [4.78, 5) is 15.6. The van der Waals surface area contributed by atoms with Crippen LogP contribution in [0.25, 0.3) is 0 Å². The molecule has 0 radical (unpaired) electrons. The molecule has 2 N–H and O–H groups in total. The van der Waals surface area contributed by atoms with Gasteiger partial charge < -0.3 is 24.7 Å². The van der Waals surface area contributed by atoms with Gasteiger partial charge in [0.1, 0.15) is 5.82 Å². The van der Waals surface area contributed by atoms with Gasteiger partial charge in [-0.2, -0.15) is 4.98 Å². The number of nitrogen functional groups attached to an aromatic ring is 1. The standard InChI is InChI=1S/C15H23N3O5/c1-20-13(22-10-5-3-2-4-6-10)14-21-9-12(23-14)18-8-7-11(16)17-15(18)19/h7-8,10,12-14H,2-6,9H2,1H3,(H2,16,17,19). The van der Waals surface area contributed by atoms with Gasteiger partial charge in [-0.05, 0) is 18.9 Å². The van der Waals surface area contributed by atoms with E-state index in [2.05, 4.69) is 4.98 Å². The maximum atomic E-state index is 11.9. The second-order valence-corrected chi connectivity index (χ2v) is 5.83. The minimum absolute atomic E-state index is 0.167.